The second-order valence-corrected chi connectivity index (χ2v) is 2.87. The fraction of sp³-hybridized carbons (Fsp3) is 0.500. The average Bonchev–Trinajstić information content (AvgIpc) is 2.31. The third kappa shape index (κ3) is 3.10. The third-order valence-electron chi connectivity index (χ3n) is 1.58. The summed E-state index contributed by atoms with van der Waals surface area (Å²) in [6.45, 7) is 1.66. The van der Waals surface area contributed by atoms with E-state index in [0.29, 0.717) is 5.76 Å². The van der Waals surface area contributed by atoms with Crippen LogP contribution in [-0.4, -0.2) is 6.18 Å². The van der Waals surface area contributed by atoms with Gasteiger partial charge in [-0.15, -0.1) is 0 Å². The van der Waals surface area contributed by atoms with Crippen molar-refractivity contribution in [2.45, 2.75) is 25.6 Å². The number of halogens is 3. The van der Waals surface area contributed by atoms with E-state index in [2.05, 4.69) is 0 Å². The van der Waals surface area contributed by atoms with Gasteiger partial charge in [0.25, 0.3) is 0 Å². The summed E-state index contributed by atoms with van der Waals surface area (Å²) in [7, 11) is 0. The predicted octanol–water partition coefficient (Wildman–Crippen LogP) is 2.54. The van der Waals surface area contributed by atoms with Crippen LogP contribution in [0.5, 0.6) is 0 Å². The molecule has 0 unspecified atom stereocenters. The van der Waals surface area contributed by atoms with Gasteiger partial charge in [-0.2, -0.15) is 13.2 Å². The van der Waals surface area contributed by atoms with E-state index in [4.69, 9.17) is 10.2 Å². The molecule has 0 aromatic carbocycles. The van der Waals surface area contributed by atoms with Crippen molar-refractivity contribution in [2.75, 3.05) is 0 Å². The zero-order chi connectivity index (χ0) is 10.1. The van der Waals surface area contributed by atoms with Gasteiger partial charge in [-0.05, 0) is 19.1 Å². The lowest BCUT2D eigenvalue weighted by atomic mass is 10.2. The van der Waals surface area contributed by atoms with Crippen molar-refractivity contribution in [1.82, 2.24) is 0 Å². The van der Waals surface area contributed by atoms with Gasteiger partial charge in [0.1, 0.15) is 11.5 Å². The van der Waals surface area contributed by atoms with E-state index in [1.807, 2.05) is 0 Å². The van der Waals surface area contributed by atoms with Crippen LogP contribution in [0.15, 0.2) is 16.5 Å². The van der Waals surface area contributed by atoms with E-state index in [1.165, 1.54) is 6.07 Å². The molecule has 5 heteroatoms. The van der Waals surface area contributed by atoms with Crippen LogP contribution in [0.1, 0.15) is 24.0 Å². The van der Waals surface area contributed by atoms with Crippen molar-refractivity contribution in [3.05, 3.63) is 23.7 Å². The molecule has 0 bridgehead atoms. The fourth-order valence-electron chi connectivity index (χ4n) is 1.00. The average molecular weight is 193 g/mol. The zero-order valence-electron chi connectivity index (χ0n) is 7.06. The van der Waals surface area contributed by atoms with E-state index in [0.717, 1.165) is 0 Å². The Morgan fingerprint density at radius 2 is 2.08 bits per heavy atom. The summed E-state index contributed by atoms with van der Waals surface area (Å²) in [5, 5.41) is 0. The number of hydrogen-bond acceptors (Lipinski definition) is 2. The molecule has 1 atom stereocenters. The van der Waals surface area contributed by atoms with Crippen molar-refractivity contribution < 1.29 is 17.6 Å². The highest BCUT2D eigenvalue weighted by Crippen LogP contribution is 2.28. The first-order valence-corrected chi connectivity index (χ1v) is 3.77. The Bertz CT molecular complexity index is 279. The van der Waals surface area contributed by atoms with Crippen molar-refractivity contribution in [3.63, 3.8) is 0 Å². The van der Waals surface area contributed by atoms with Crippen LogP contribution in [0.4, 0.5) is 13.2 Å². The van der Waals surface area contributed by atoms with E-state index < -0.39 is 18.6 Å². The lowest BCUT2D eigenvalue weighted by Gasteiger charge is -2.11. The van der Waals surface area contributed by atoms with Gasteiger partial charge >= 0.3 is 6.18 Å². The second-order valence-electron chi connectivity index (χ2n) is 2.87. The number of aryl methyl sites for hydroxylation is 1. The quantitative estimate of drug-likeness (QED) is 0.783. The first-order valence-electron chi connectivity index (χ1n) is 3.77. The predicted molar refractivity (Wildman–Crippen MR) is 41.0 cm³/mol. The molecular weight excluding hydrogens is 183 g/mol. The maximum absolute atomic E-state index is 11.9. The number of rotatable bonds is 2. The van der Waals surface area contributed by atoms with Gasteiger partial charge in [0.15, 0.2) is 0 Å². The Hall–Kier alpha value is -0.970. The number of nitrogens with two attached hydrogens (primary N) is 1. The zero-order valence-corrected chi connectivity index (χ0v) is 7.06. The Kier molecular flexibility index (Phi) is 2.66. The van der Waals surface area contributed by atoms with Gasteiger partial charge in [-0.3, -0.25) is 0 Å². The topological polar surface area (TPSA) is 39.2 Å². The Morgan fingerprint density at radius 1 is 1.46 bits per heavy atom. The van der Waals surface area contributed by atoms with Gasteiger partial charge in [0, 0.05) is 0 Å². The Labute approximate surface area is 73.5 Å². The van der Waals surface area contributed by atoms with Crippen LogP contribution in [0.2, 0.25) is 0 Å². The summed E-state index contributed by atoms with van der Waals surface area (Å²) in [6.07, 6.45) is -5.31. The largest absolute Gasteiger partial charge is 0.465 e. The molecule has 1 rings (SSSR count). The summed E-state index contributed by atoms with van der Waals surface area (Å²) >= 11 is 0. The van der Waals surface area contributed by atoms with E-state index in [9.17, 15) is 13.2 Å². The molecule has 0 aliphatic heterocycles. The first kappa shape index (κ1) is 10.1. The smallest absolute Gasteiger partial charge is 0.391 e. The van der Waals surface area contributed by atoms with E-state index in [-0.39, 0.29) is 5.76 Å². The molecule has 2 nitrogen and oxygen atoms in total. The first-order chi connectivity index (χ1) is 5.88. The molecule has 0 spiro atoms. The lowest BCUT2D eigenvalue weighted by Crippen LogP contribution is -2.19. The summed E-state index contributed by atoms with van der Waals surface area (Å²) < 4.78 is 40.6. The van der Waals surface area contributed by atoms with Gasteiger partial charge in [-0.25, -0.2) is 0 Å². The lowest BCUT2D eigenvalue weighted by molar-refractivity contribution is -0.139. The van der Waals surface area contributed by atoms with Crippen LogP contribution in [0.25, 0.3) is 0 Å². The van der Waals surface area contributed by atoms with Crippen molar-refractivity contribution >= 4 is 0 Å². The Morgan fingerprint density at radius 3 is 2.46 bits per heavy atom. The fourth-order valence-corrected chi connectivity index (χ4v) is 1.00. The molecule has 0 fully saturated rings. The molecule has 0 aliphatic rings. The van der Waals surface area contributed by atoms with Gasteiger partial charge < -0.3 is 10.2 Å². The minimum atomic E-state index is -4.25. The summed E-state index contributed by atoms with van der Waals surface area (Å²) in [6, 6.07) is 1.95. The monoisotopic (exact) mass is 193 g/mol. The second kappa shape index (κ2) is 3.41. The maximum atomic E-state index is 11.9. The molecule has 1 aromatic rings. The molecule has 0 saturated heterocycles. The minimum Gasteiger partial charge on any atom is -0.465 e. The number of alkyl halides is 3. The molecule has 1 aromatic heterocycles. The third-order valence-corrected chi connectivity index (χ3v) is 1.58. The van der Waals surface area contributed by atoms with Crippen molar-refractivity contribution in [1.29, 1.82) is 0 Å². The van der Waals surface area contributed by atoms with Crippen molar-refractivity contribution in [3.8, 4) is 0 Å². The summed E-state index contributed by atoms with van der Waals surface area (Å²) in [5.74, 6) is 0.738. The van der Waals surface area contributed by atoms with Crippen LogP contribution < -0.4 is 5.73 Å². The minimum absolute atomic E-state index is 0.176. The van der Waals surface area contributed by atoms with Gasteiger partial charge in [0.2, 0.25) is 0 Å². The van der Waals surface area contributed by atoms with E-state index in [1.54, 1.807) is 13.0 Å². The SMILES string of the molecule is Cc1ccc([C@H](N)CC(F)(F)F)o1. The van der Waals surface area contributed by atoms with Crippen LogP contribution in [0, 0.1) is 6.92 Å². The maximum Gasteiger partial charge on any atom is 0.391 e. The van der Waals surface area contributed by atoms with E-state index >= 15 is 0 Å². The number of hydrogen-bond donors (Lipinski definition) is 1. The molecule has 13 heavy (non-hydrogen) atoms. The normalized spacial score (nSPS) is 14.5. The standard InChI is InChI=1S/C8H10F3NO/c1-5-2-3-7(13-5)6(12)4-8(9,10)11/h2-3,6H,4,12H2,1H3/t6-/m1/s1. The molecule has 0 radical (unpaired) electrons. The Balaban J connectivity index is 2.64. The molecule has 0 aliphatic carbocycles. The summed E-state index contributed by atoms with van der Waals surface area (Å²) in [5.41, 5.74) is 5.28. The molecule has 74 valence electrons. The van der Waals surface area contributed by atoms with Gasteiger partial charge in [0.05, 0.1) is 12.5 Å². The highest BCUT2D eigenvalue weighted by atomic mass is 19.4. The molecule has 0 saturated carbocycles. The van der Waals surface area contributed by atoms with Crippen LogP contribution in [-0.2, 0) is 0 Å². The van der Waals surface area contributed by atoms with Crippen LogP contribution >= 0.6 is 0 Å². The highest BCUT2D eigenvalue weighted by Gasteiger charge is 2.31. The molecule has 1 heterocycles. The van der Waals surface area contributed by atoms with Crippen LogP contribution in [0.3, 0.4) is 0 Å². The van der Waals surface area contributed by atoms with Crippen molar-refractivity contribution in [2.24, 2.45) is 5.73 Å². The highest BCUT2D eigenvalue weighted by molar-refractivity contribution is 5.09. The molecular formula is C8H10F3NO. The molecule has 0 amide bonds. The summed E-state index contributed by atoms with van der Waals surface area (Å²) in [4.78, 5) is 0. The number of furan rings is 1. The molecule has 2 N–H and O–H groups in total. The van der Waals surface area contributed by atoms with Gasteiger partial charge in [-0.1, -0.05) is 0 Å².